The molecule has 2 aromatic heterocycles. The number of aromatic nitrogens is 2. The van der Waals surface area contributed by atoms with Crippen molar-refractivity contribution < 1.29 is 4.42 Å². The van der Waals surface area contributed by atoms with Gasteiger partial charge in [0.15, 0.2) is 0 Å². The summed E-state index contributed by atoms with van der Waals surface area (Å²) in [6, 6.07) is 1.91. The molecule has 0 aromatic carbocycles. The Morgan fingerprint density at radius 1 is 1.33 bits per heavy atom. The second-order valence-electron chi connectivity index (χ2n) is 3.02. The Balaban J connectivity index is 1.98. The second-order valence-corrected chi connectivity index (χ2v) is 3.02. The third-order valence-electron chi connectivity index (χ3n) is 1.94. The SMILES string of the molecule is CNc1cncc(NCc2ccoc2)n1. The van der Waals surface area contributed by atoms with Crippen LogP contribution in [0.5, 0.6) is 0 Å². The lowest BCUT2D eigenvalue weighted by Crippen LogP contribution is -2.02. The van der Waals surface area contributed by atoms with E-state index in [1.54, 1.807) is 24.9 Å². The molecule has 0 atom stereocenters. The maximum absolute atomic E-state index is 4.96. The lowest BCUT2D eigenvalue weighted by Gasteiger charge is -2.04. The topological polar surface area (TPSA) is 63.0 Å². The van der Waals surface area contributed by atoms with E-state index >= 15 is 0 Å². The molecule has 2 N–H and O–H groups in total. The summed E-state index contributed by atoms with van der Waals surface area (Å²) in [5.41, 5.74) is 1.08. The van der Waals surface area contributed by atoms with Crippen molar-refractivity contribution in [1.82, 2.24) is 9.97 Å². The van der Waals surface area contributed by atoms with Gasteiger partial charge in [0.05, 0.1) is 24.9 Å². The van der Waals surface area contributed by atoms with Crippen molar-refractivity contribution in [3.63, 3.8) is 0 Å². The van der Waals surface area contributed by atoms with Crippen LogP contribution in [0.4, 0.5) is 11.6 Å². The maximum Gasteiger partial charge on any atom is 0.147 e. The van der Waals surface area contributed by atoms with Gasteiger partial charge in [0.2, 0.25) is 0 Å². The van der Waals surface area contributed by atoms with Gasteiger partial charge < -0.3 is 15.1 Å². The summed E-state index contributed by atoms with van der Waals surface area (Å²) in [6.45, 7) is 0.679. The molecule has 0 spiro atoms. The first kappa shape index (κ1) is 9.51. The van der Waals surface area contributed by atoms with Gasteiger partial charge in [0.25, 0.3) is 0 Å². The van der Waals surface area contributed by atoms with E-state index in [0.29, 0.717) is 6.54 Å². The van der Waals surface area contributed by atoms with Crippen molar-refractivity contribution in [2.45, 2.75) is 6.54 Å². The van der Waals surface area contributed by atoms with Gasteiger partial charge in [-0.2, -0.15) is 0 Å². The highest BCUT2D eigenvalue weighted by molar-refractivity contribution is 5.41. The van der Waals surface area contributed by atoms with Crippen LogP contribution < -0.4 is 10.6 Å². The van der Waals surface area contributed by atoms with Crippen LogP contribution in [0.25, 0.3) is 0 Å². The van der Waals surface area contributed by atoms with E-state index in [1.807, 2.05) is 13.1 Å². The summed E-state index contributed by atoms with van der Waals surface area (Å²) in [4.78, 5) is 8.32. The molecule has 0 fully saturated rings. The molecule has 0 amide bonds. The first-order chi connectivity index (χ1) is 7.38. The predicted octanol–water partition coefficient (Wildman–Crippen LogP) is 1.72. The fraction of sp³-hybridized carbons (Fsp3) is 0.200. The van der Waals surface area contributed by atoms with Gasteiger partial charge in [-0.3, -0.25) is 4.98 Å². The number of furan rings is 1. The van der Waals surface area contributed by atoms with Crippen LogP contribution in [0.2, 0.25) is 0 Å². The molecule has 5 nitrogen and oxygen atoms in total. The van der Waals surface area contributed by atoms with Gasteiger partial charge in [-0.25, -0.2) is 4.98 Å². The van der Waals surface area contributed by atoms with Crippen molar-refractivity contribution in [3.05, 3.63) is 36.5 Å². The van der Waals surface area contributed by atoms with Crippen LogP contribution in [0, 0.1) is 0 Å². The van der Waals surface area contributed by atoms with E-state index in [1.165, 1.54) is 0 Å². The second kappa shape index (κ2) is 4.45. The molecule has 0 aliphatic heterocycles. The first-order valence-corrected chi connectivity index (χ1v) is 4.63. The molecule has 78 valence electrons. The Morgan fingerprint density at radius 2 is 2.20 bits per heavy atom. The fourth-order valence-electron chi connectivity index (χ4n) is 1.16. The Hall–Kier alpha value is -2.04. The Kier molecular flexibility index (Phi) is 2.82. The van der Waals surface area contributed by atoms with Gasteiger partial charge in [-0.15, -0.1) is 0 Å². The van der Waals surface area contributed by atoms with E-state index in [-0.39, 0.29) is 0 Å². The summed E-state index contributed by atoms with van der Waals surface area (Å²) in [5, 5.41) is 6.08. The minimum absolute atomic E-state index is 0.679. The molecule has 2 aromatic rings. The van der Waals surface area contributed by atoms with Crippen molar-refractivity contribution in [3.8, 4) is 0 Å². The molecule has 2 heterocycles. The number of nitrogens with one attached hydrogen (secondary N) is 2. The van der Waals surface area contributed by atoms with E-state index < -0.39 is 0 Å². The zero-order chi connectivity index (χ0) is 10.5. The number of nitrogens with zero attached hydrogens (tertiary/aromatic N) is 2. The quantitative estimate of drug-likeness (QED) is 0.794. The first-order valence-electron chi connectivity index (χ1n) is 4.63. The van der Waals surface area contributed by atoms with Crippen molar-refractivity contribution in [2.75, 3.05) is 17.7 Å². The van der Waals surface area contributed by atoms with Crippen molar-refractivity contribution >= 4 is 11.6 Å². The van der Waals surface area contributed by atoms with E-state index in [4.69, 9.17) is 4.42 Å². The lowest BCUT2D eigenvalue weighted by molar-refractivity contribution is 0.564. The predicted molar refractivity (Wildman–Crippen MR) is 57.6 cm³/mol. The van der Waals surface area contributed by atoms with Crippen molar-refractivity contribution in [2.24, 2.45) is 0 Å². The number of anilines is 2. The van der Waals surface area contributed by atoms with E-state index in [0.717, 1.165) is 17.2 Å². The minimum atomic E-state index is 0.679. The molecule has 0 radical (unpaired) electrons. The standard InChI is InChI=1S/C10H12N4O/c1-11-9-5-12-6-10(14-9)13-4-8-2-3-15-7-8/h2-3,5-7H,4H2,1H3,(H2,11,13,14). The molecule has 0 unspecified atom stereocenters. The normalized spacial score (nSPS) is 9.93. The molecule has 0 aliphatic rings. The van der Waals surface area contributed by atoms with Gasteiger partial charge in [-0.1, -0.05) is 0 Å². The number of hydrogen-bond acceptors (Lipinski definition) is 5. The molecule has 0 saturated carbocycles. The average molecular weight is 204 g/mol. The van der Waals surface area contributed by atoms with Gasteiger partial charge in [-0.05, 0) is 6.07 Å². The van der Waals surface area contributed by atoms with E-state index in [2.05, 4.69) is 20.6 Å². The van der Waals surface area contributed by atoms with Crippen LogP contribution in [0.1, 0.15) is 5.56 Å². The third-order valence-corrected chi connectivity index (χ3v) is 1.94. The number of rotatable bonds is 4. The minimum Gasteiger partial charge on any atom is -0.472 e. The Morgan fingerprint density at radius 3 is 2.93 bits per heavy atom. The van der Waals surface area contributed by atoms with Crippen LogP contribution in [0.15, 0.2) is 35.4 Å². The number of hydrogen-bond donors (Lipinski definition) is 2. The average Bonchev–Trinajstić information content (AvgIpc) is 2.79. The maximum atomic E-state index is 4.96. The molecular weight excluding hydrogens is 192 g/mol. The summed E-state index contributed by atoms with van der Waals surface area (Å²) in [5.74, 6) is 1.48. The molecule has 5 heteroatoms. The van der Waals surface area contributed by atoms with Crippen LogP contribution in [-0.4, -0.2) is 17.0 Å². The highest BCUT2D eigenvalue weighted by Gasteiger charge is 1.97. The Bertz CT molecular complexity index is 413. The lowest BCUT2D eigenvalue weighted by atomic mass is 10.3. The highest BCUT2D eigenvalue weighted by Crippen LogP contribution is 2.08. The highest BCUT2D eigenvalue weighted by atomic mass is 16.3. The molecule has 2 rings (SSSR count). The third kappa shape index (κ3) is 2.46. The summed E-state index contributed by atoms with van der Waals surface area (Å²) >= 11 is 0. The summed E-state index contributed by atoms with van der Waals surface area (Å²) in [6.07, 6.45) is 6.69. The van der Waals surface area contributed by atoms with Crippen LogP contribution in [-0.2, 0) is 6.54 Å². The summed E-state index contributed by atoms with van der Waals surface area (Å²) in [7, 11) is 1.81. The molecule has 0 aliphatic carbocycles. The van der Waals surface area contributed by atoms with Gasteiger partial charge in [0.1, 0.15) is 11.6 Å². The summed E-state index contributed by atoms with van der Waals surface area (Å²) < 4.78 is 4.96. The van der Waals surface area contributed by atoms with Crippen LogP contribution >= 0.6 is 0 Å². The van der Waals surface area contributed by atoms with E-state index in [9.17, 15) is 0 Å². The fourth-order valence-corrected chi connectivity index (χ4v) is 1.16. The van der Waals surface area contributed by atoms with Gasteiger partial charge in [0, 0.05) is 19.2 Å². The monoisotopic (exact) mass is 204 g/mol. The molecule has 15 heavy (non-hydrogen) atoms. The van der Waals surface area contributed by atoms with Crippen LogP contribution in [0.3, 0.4) is 0 Å². The zero-order valence-electron chi connectivity index (χ0n) is 8.40. The molecular formula is C10H12N4O. The molecule has 0 saturated heterocycles. The Labute approximate surface area is 87.6 Å². The largest absolute Gasteiger partial charge is 0.472 e. The van der Waals surface area contributed by atoms with Crippen molar-refractivity contribution in [1.29, 1.82) is 0 Å². The molecule has 0 bridgehead atoms. The van der Waals surface area contributed by atoms with Gasteiger partial charge >= 0.3 is 0 Å². The smallest absolute Gasteiger partial charge is 0.147 e. The zero-order valence-corrected chi connectivity index (χ0v) is 8.40.